The van der Waals surface area contributed by atoms with Crippen molar-refractivity contribution in [2.75, 3.05) is 32.9 Å². The summed E-state index contributed by atoms with van der Waals surface area (Å²) in [5.74, 6) is 0.619. The monoisotopic (exact) mass is 301 g/mol. The Hall–Kier alpha value is -1.10. The van der Waals surface area contributed by atoms with E-state index in [9.17, 15) is 9.59 Å². The Morgan fingerprint density at radius 2 is 1.95 bits per heavy atom. The van der Waals surface area contributed by atoms with Gasteiger partial charge < -0.3 is 19.2 Å². The lowest BCUT2D eigenvalue weighted by Gasteiger charge is -2.23. The van der Waals surface area contributed by atoms with Gasteiger partial charge in [-0.25, -0.2) is 4.79 Å². The maximum absolute atomic E-state index is 12.0. The predicted octanol–water partition coefficient (Wildman–Crippen LogP) is 3.27. The number of hydrogen-bond acceptors (Lipinski definition) is 4. The van der Waals surface area contributed by atoms with Gasteiger partial charge in [-0.1, -0.05) is 33.6 Å². The van der Waals surface area contributed by atoms with Crippen LogP contribution in [0, 0.1) is 5.92 Å². The molecule has 0 rings (SSSR count). The van der Waals surface area contributed by atoms with Gasteiger partial charge in [0.25, 0.3) is 0 Å². The molecule has 1 amide bonds. The van der Waals surface area contributed by atoms with Crippen LogP contribution in [-0.2, 0) is 14.3 Å². The molecule has 5 heteroatoms. The molecule has 21 heavy (non-hydrogen) atoms. The zero-order valence-corrected chi connectivity index (χ0v) is 13.8. The van der Waals surface area contributed by atoms with E-state index in [1.54, 1.807) is 4.90 Å². The number of hydrogen-bond donors (Lipinski definition) is 0. The van der Waals surface area contributed by atoms with Gasteiger partial charge in [0, 0.05) is 19.5 Å². The minimum atomic E-state index is -0.259. The van der Waals surface area contributed by atoms with Crippen molar-refractivity contribution in [2.24, 2.45) is 5.92 Å². The molecular formula is C16H31NO4. The van der Waals surface area contributed by atoms with Crippen molar-refractivity contribution in [1.29, 1.82) is 0 Å². The molecule has 0 saturated heterocycles. The van der Waals surface area contributed by atoms with Gasteiger partial charge >= 0.3 is 6.09 Å². The molecule has 0 spiro atoms. The fourth-order valence-electron chi connectivity index (χ4n) is 1.74. The molecule has 1 atom stereocenters. The Bertz CT molecular complexity index is 271. The van der Waals surface area contributed by atoms with Gasteiger partial charge in [-0.15, -0.1) is 0 Å². The van der Waals surface area contributed by atoms with Crippen LogP contribution in [0.5, 0.6) is 0 Å². The van der Waals surface area contributed by atoms with Gasteiger partial charge in [0.2, 0.25) is 0 Å². The van der Waals surface area contributed by atoms with E-state index in [0.717, 1.165) is 45.1 Å². The van der Waals surface area contributed by atoms with E-state index in [0.29, 0.717) is 25.6 Å². The third kappa shape index (κ3) is 11.3. The van der Waals surface area contributed by atoms with Crippen molar-refractivity contribution in [3.05, 3.63) is 0 Å². The molecule has 0 N–H and O–H groups in total. The van der Waals surface area contributed by atoms with Gasteiger partial charge in [0.1, 0.15) is 12.9 Å². The van der Waals surface area contributed by atoms with Crippen LogP contribution < -0.4 is 0 Å². The SMILES string of the molecule is CCCCN(CCC(C)CC)C(=O)OCCOCCC=O. The summed E-state index contributed by atoms with van der Waals surface area (Å²) in [5.41, 5.74) is 0. The minimum Gasteiger partial charge on any atom is -0.447 e. The summed E-state index contributed by atoms with van der Waals surface area (Å²) in [6.45, 7) is 8.93. The molecule has 0 heterocycles. The Morgan fingerprint density at radius 1 is 1.19 bits per heavy atom. The molecule has 0 radical (unpaired) electrons. The predicted molar refractivity (Wildman–Crippen MR) is 83.4 cm³/mol. The summed E-state index contributed by atoms with van der Waals surface area (Å²) in [7, 11) is 0. The zero-order chi connectivity index (χ0) is 15.9. The van der Waals surface area contributed by atoms with Crippen molar-refractivity contribution >= 4 is 12.4 Å². The first-order chi connectivity index (χ1) is 10.2. The molecule has 0 saturated carbocycles. The van der Waals surface area contributed by atoms with E-state index in [2.05, 4.69) is 20.8 Å². The Morgan fingerprint density at radius 3 is 2.57 bits per heavy atom. The average Bonchev–Trinajstić information content (AvgIpc) is 2.50. The first kappa shape index (κ1) is 19.9. The Labute approximate surface area is 129 Å². The first-order valence-corrected chi connectivity index (χ1v) is 8.08. The Balaban J connectivity index is 3.97. The summed E-state index contributed by atoms with van der Waals surface area (Å²) in [6.07, 6.45) is 5.12. The highest BCUT2D eigenvalue weighted by molar-refractivity contribution is 5.67. The summed E-state index contributed by atoms with van der Waals surface area (Å²) in [5, 5.41) is 0. The number of aldehydes is 1. The van der Waals surface area contributed by atoms with Crippen molar-refractivity contribution in [3.8, 4) is 0 Å². The van der Waals surface area contributed by atoms with Crippen LogP contribution in [0.1, 0.15) is 52.9 Å². The van der Waals surface area contributed by atoms with Gasteiger partial charge in [-0.3, -0.25) is 0 Å². The van der Waals surface area contributed by atoms with Gasteiger partial charge in [-0.2, -0.15) is 0 Å². The highest BCUT2D eigenvalue weighted by Crippen LogP contribution is 2.09. The molecule has 1 unspecified atom stereocenters. The summed E-state index contributed by atoms with van der Waals surface area (Å²) in [6, 6.07) is 0. The second-order valence-corrected chi connectivity index (χ2v) is 5.32. The number of ether oxygens (including phenoxy) is 2. The molecule has 0 aliphatic heterocycles. The van der Waals surface area contributed by atoms with Crippen LogP contribution in [0.3, 0.4) is 0 Å². The summed E-state index contributed by atoms with van der Waals surface area (Å²) >= 11 is 0. The van der Waals surface area contributed by atoms with E-state index in [1.165, 1.54) is 0 Å². The van der Waals surface area contributed by atoms with E-state index in [-0.39, 0.29) is 12.7 Å². The van der Waals surface area contributed by atoms with E-state index >= 15 is 0 Å². The lowest BCUT2D eigenvalue weighted by Crippen LogP contribution is -2.34. The highest BCUT2D eigenvalue weighted by Gasteiger charge is 2.15. The molecule has 0 aromatic heterocycles. The van der Waals surface area contributed by atoms with E-state index < -0.39 is 0 Å². The van der Waals surface area contributed by atoms with Crippen LogP contribution in [0.15, 0.2) is 0 Å². The number of unbranched alkanes of at least 4 members (excludes halogenated alkanes) is 1. The Kier molecular flexibility index (Phi) is 13.1. The number of amides is 1. The molecule has 0 aliphatic rings. The average molecular weight is 301 g/mol. The maximum atomic E-state index is 12.0. The smallest absolute Gasteiger partial charge is 0.409 e. The quantitative estimate of drug-likeness (QED) is 0.387. The van der Waals surface area contributed by atoms with E-state index in [4.69, 9.17) is 9.47 Å². The standard InChI is InChI=1S/C16H31NO4/c1-4-6-9-17(10-8-15(3)5-2)16(19)21-14-13-20-12-7-11-18/h11,15H,4-10,12-14H2,1-3H3. The topological polar surface area (TPSA) is 55.8 Å². The van der Waals surface area contributed by atoms with Crippen LogP contribution >= 0.6 is 0 Å². The lowest BCUT2D eigenvalue weighted by molar-refractivity contribution is -0.108. The molecule has 0 bridgehead atoms. The largest absolute Gasteiger partial charge is 0.447 e. The first-order valence-electron chi connectivity index (χ1n) is 8.08. The third-order valence-corrected chi connectivity index (χ3v) is 3.46. The van der Waals surface area contributed by atoms with Gasteiger partial charge in [-0.05, 0) is 18.8 Å². The zero-order valence-electron chi connectivity index (χ0n) is 13.8. The molecule has 124 valence electrons. The molecule has 5 nitrogen and oxygen atoms in total. The van der Waals surface area contributed by atoms with Crippen molar-refractivity contribution in [3.63, 3.8) is 0 Å². The van der Waals surface area contributed by atoms with Crippen molar-refractivity contribution in [1.82, 2.24) is 4.90 Å². The number of carbonyl (C=O) groups is 2. The van der Waals surface area contributed by atoms with Crippen LogP contribution in [0.2, 0.25) is 0 Å². The van der Waals surface area contributed by atoms with Crippen LogP contribution in [0.25, 0.3) is 0 Å². The van der Waals surface area contributed by atoms with Gasteiger partial charge in [0.05, 0.1) is 13.2 Å². The molecular weight excluding hydrogens is 270 g/mol. The second-order valence-electron chi connectivity index (χ2n) is 5.32. The van der Waals surface area contributed by atoms with E-state index in [1.807, 2.05) is 0 Å². The van der Waals surface area contributed by atoms with Crippen LogP contribution in [-0.4, -0.2) is 50.2 Å². The summed E-state index contributed by atoms with van der Waals surface area (Å²) in [4.78, 5) is 23.9. The number of carbonyl (C=O) groups excluding carboxylic acids is 2. The fraction of sp³-hybridized carbons (Fsp3) is 0.875. The molecule has 0 aromatic carbocycles. The summed E-state index contributed by atoms with van der Waals surface area (Å²) < 4.78 is 10.4. The number of rotatable bonds is 13. The van der Waals surface area contributed by atoms with Crippen LogP contribution in [0.4, 0.5) is 4.79 Å². The minimum absolute atomic E-state index is 0.240. The van der Waals surface area contributed by atoms with Gasteiger partial charge in [0.15, 0.2) is 0 Å². The normalized spacial score (nSPS) is 12.0. The van der Waals surface area contributed by atoms with Crippen molar-refractivity contribution in [2.45, 2.75) is 52.9 Å². The molecule has 0 aliphatic carbocycles. The van der Waals surface area contributed by atoms with Crippen molar-refractivity contribution < 1.29 is 19.1 Å². The molecule has 0 aromatic rings. The second kappa shape index (κ2) is 13.9. The lowest BCUT2D eigenvalue weighted by atomic mass is 10.1. The molecule has 0 fully saturated rings. The maximum Gasteiger partial charge on any atom is 0.409 e. The fourth-order valence-corrected chi connectivity index (χ4v) is 1.74. The number of nitrogens with zero attached hydrogens (tertiary/aromatic N) is 1. The third-order valence-electron chi connectivity index (χ3n) is 3.46. The highest BCUT2D eigenvalue weighted by atomic mass is 16.6.